The fourth-order valence-corrected chi connectivity index (χ4v) is 3.47. The molecule has 1 aliphatic heterocycles. The molecule has 0 saturated carbocycles. The van der Waals surface area contributed by atoms with Gasteiger partial charge in [-0.1, -0.05) is 6.42 Å². The van der Waals surface area contributed by atoms with Crippen molar-refractivity contribution in [3.63, 3.8) is 0 Å². The summed E-state index contributed by atoms with van der Waals surface area (Å²) in [4.78, 5) is 7.08. The number of pyridine rings is 1. The van der Waals surface area contributed by atoms with E-state index in [0.29, 0.717) is 0 Å². The normalized spacial score (nSPS) is 21.8. The Morgan fingerprint density at radius 3 is 2.62 bits per heavy atom. The van der Waals surface area contributed by atoms with Gasteiger partial charge in [0.1, 0.15) is 11.6 Å². The molecule has 21 heavy (non-hydrogen) atoms. The first kappa shape index (κ1) is 14.8. The van der Waals surface area contributed by atoms with E-state index in [1.165, 1.54) is 13.0 Å². The van der Waals surface area contributed by atoms with Crippen LogP contribution in [0.1, 0.15) is 37.4 Å². The third-order valence-electron chi connectivity index (χ3n) is 5.39. The Bertz CT molecular complexity index is 507. The van der Waals surface area contributed by atoms with E-state index in [0.717, 1.165) is 73.4 Å². The van der Waals surface area contributed by atoms with Gasteiger partial charge in [0.05, 0.1) is 39.8 Å². The van der Waals surface area contributed by atoms with Gasteiger partial charge in [0, 0.05) is 17.3 Å². The molecule has 0 aromatic carbocycles. The van der Waals surface area contributed by atoms with E-state index in [2.05, 4.69) is 18.9 Å². The standard InChI is InChI=1S/C17H27FN3/c1-3-21(2)11-9-20(10-12-21)17-13-15(18)14-7-5-4-6-8-16(14)19-17/h13H,3-12H2,1-2H3/q+1. The Hall–Kier alpha value is -1.16. The fourth-order valence-electron chi connectivity index (χ4n) is 3.47. The highest BCUT2D eigenvalue weighted by molar-refractivity contribution is 5.43. The molecule has 2 heterocycles. The Kier molecular flexibility index (Phi) is 4.16. The monoisotopic (exact) mass is 292 g/mol. The maximum absolute atomic E-state index is 14.4. The number of rotatable bonds is 2. The maximum atomic E-state index is 14.4. The molecule has 1 saturated heterocycles. The molecule has 0 N–H and O–H groups in total. The molecule has 3 rings (SSSR count). The molecule has 1 aliphatic carbocycles. The van der Waals surface area contributed by atoms with Crippen molar-refractivity contribution >= 4 is 5.82 Å². The smallest absolute Gasteiger partial charge is 0.132 e. The average molecular weight is 292 g/mol. The summed E-state index contributed by atoms with van der Waals surface area (Å²) in [6, 6.07) is 1.67. The average Bonchev–Trinajstić information content (AvgIpc) is 2.74. The van der Waals surface area contributed by atoms with E-state index in [9.17, 15) is 4.39 Å². The molecule has 4 heteroatoms. The fraction of sp³-hybridized carbons (Fsp3) is 0.706. The lowest BCUT2D eigenvalue weighted by molar-refractivity contribution is -0.908. The van der Waals surface area contributed by atoms with Gasteiger partial charge < -0.3 is 9.38 Å². The third-order valence-corrected chi connectivity index (χ3v) is 5.39. The molecule has 0 unspecified atom stereocenters. The van der Waals surface area contributed by atoms with Gasteiger partial charge in [-0.2, -0.15) is 0 Å². The van der Waals surface area contributed by atoms with Crippen molar-refractivity contribution in [2.75, 3.05) is 44.7 Å². The molecular formula is C17H27FN3+. The Morgan fingerprint density at radius 1 is 1.19 bits per heavy atom. The molecule has 0 atom stereocenters. The molecule has 2 aliphatic rings. The SMILES string of the molecule is CC[N+]1(C)CCN(c2cc(F)c3c(n2)CCCCC3)CC1. The number of fused-ring (bicyclic) bond motifs is 1. The summed E-state index contributed by atoms with van der Waals surface area (Å²) in [7, 11) is 2.31. The Balaban J connectivity index is 1.81. The van der Waals surface area contributed by atoms with Crippen LogP contribution in [0.25, 0.3) is 0 Å². The molecule has 0 bridgehead atoms. The number of hydrogen-bond donors (Lipinski definition) is 0. The number of halogens is 1. The highest BCUT2D eigenvalue weighted by Crippen LogP contribution is 2.26. The molecular weight excluding hydrogens is 265 g/mol. The minimum atomic E-state index is -0.0322. The van der Waals surface area contributed by atoms with Crippen LogP contribution in [0.3, 0.4) is 0 Å². The molecule has 1 aromatic rings. The summed E-state index contributed by atoms with van der Waals surface area (Å²) < 4.78 is 15.5. The molecule has 0 radical (unpaired) electrons. The zero-order valence-electron chi connectivity index (χ0n) is 13.4. The van der Waals surface area contributed by atoms with Crippen LogP contribution in [0.2, 0.25) is 0 Å². The van der Waals surface area contributed by atoms with Gasteiger partial charge >= 0.3 is 0 Å². The molecule has 1 fully saturated rings. The van der Waals surface area contributed by atoms with Crippen LogP contribution < -0.4 is 4.90 Å². The topological polar surface area (TPSA) is 16.1 Å². The summed E-state index contributed by atoms with van der Waals surface area (Å²) in [5.74, 6) is 0.825. The van der Waals surface area contributed by atoms with Crippen molar-refractivity contribution < 1.29 is 8.87 Å². The van der Waals surface area contributed by atoms with Crippen molar-refractivity contribution in [3.05, 3.63) is 23.1 Å². The van der Waals surface area contributed by atoms with Crippen molar-refractivity contribution in [3.8, 4) is 0 Å². The van der Waals surface area contributed by atoms with E-state index >= 15 is 0 Å². The van der Waals surface area contributed by atoms with Crippen LogP contribution in [0, 0.1) is 5.82 Å². The van der Waals surface area contributed by atoms with Crippen molar-refractivity contribution in [1.29, 1.82) is 0 Å². The van der Waals surface area contributed by atoms with Gasteiger partial charge in [-0.25, -0.2) is 9.37 Å². The van der Waals surface area contributed by atoms with Crippen molar-refractivity contribution in [2.24, 2.45) is 0 Å². The van der Waals surface area contributed by atoms with Gasteiger partial charge in [-0.15, -0.1) is 0 Å². The summed E-state index contributed by atoms with van der Waals surface area (Å²) in [5.41, 5.74) is 1.89. The number of piperazine rings is 1. The zero-order chi connectivity index (χ0) is 14.9. The third kappa shape index (κ3) is 3.05. The quantitative estimate of drug-likeness (QED) is 0.615. The summed E-state index contributed by atoms with van der Waals surface area (Å²) >= 11 is 0. The lowest BCUT2D eigenvalue weighted by Gasteiger charge is -2.41. The van der Waals surface area contributed by atoms with Gasteiger partial charge in [-0.05, 0) is 32.6 Å². The first-order valence-corrected chi connectivity index (χ1v) is 8.38. The van der Waals surface area contributed by atoms with E-state index < -0.39 is 0 Å². The van der Waals surface area contributed by atoms with E-state index in [1.807, 2.05) is 0 Å². The van der Waals surface area contributed by atoms with E-state index in [1.54, 1.807) is 6.07 Å². The van der Waals surface area contributed by atoms with Crippen LogP contribution in [-0.4, -0.2) is 49.2 Å². The number of likely N-dealkylation sites (N-methyl/N-ethyl adjacent to an activating group) is 1. The van der Waals surface area contributed by atoms with Gasteiger partial charge in [0.15, 0.2) is 0 Å². The molecule has 0 spiro atoms. The van der Waals surface area contributed by atoms with Gasteiger partial charge in [0.25, 0.3) is 0 Å². The van der Waals surface area contributed by atoms with Crippen molar-refractivity contribution in [2.45, 2.75) is 39.0 Å². The molecule has 116 valence electrons. The van der Waals surface area contributed by atoms with Crippen LogP contribution in [0.15, 0.2) is 6.07 Å². The highest BCUT2D eigenvalue weighted by atomic mass is 19.1. The number of aryl methyl sites for hydroxylation is 1. The molecule has 0 amide bonds. The van der Waals surface area contributed by atoms with Crippen LogP contribution in [0.5, 0.6) is 0 Å². The largest absolute Gasteiger partial charge is 0.345 e. The van der Waals surface area contributed by atoms with Crippen LogP contribution >= 0.6 is 0 Å². The highest BCUT2D eigenvalue weighted by Gasteiger charge is 2.28. The predicted octanol–water partition coefficient (Wildman–Crippen LogP) is 2.78. The summed E-state index contributed by atoms with van der Waals surface area (Å²) in [6.45, 7) is 7.62. The maximum Gasteiger partial charge on any atom is 0.132 e. The lowest BCUT2D eigenvalue weighted by atomic mass is 10.1. The second-order valence-corrected chi connectivity index (χ2v) is 6.82. The summed E-state index contributed by atoms with van der Waals surface area (Å²) in [5, 5.41) is 0. The molecule has 1 aromatic heterocycles. The Labute approximate surface area is 127 Å². The predicted molar refractivity (Wildman–Crippen MR) is 84.1 cm³/mol. The number of nitrogens with zero attached hydrogens (tertiary/aromatic N) is 3. The second kappa shape index (κ2) is 5.91. The number of hydrogen-bond acceptors (Lipinski definition) is 2. The minimum Gasteiger partial charge on any atom is -0.345 e. The van der Waals surface area contributed by atoms with Crippen LogP contribution in [0.4, 0.5) is 10.2 Å². The zero-order valence-corrected chi connectivity index (χ0v) is 13.4. The number of aromatic nitrogens is 1. The van der Waals surface area contributed by atoms with E-state index in [4.69, 9.17) is 4.98 Å². The second-order valence-electron chi connectivity index (χ2n) is 6.82. The van der Waals surface area contributed by atoms with Gasteiger partial charge in [-0.3, -0.25) is 0 Å². The number of anilines is 1. The minimum absolute atomic E-state index is 0.0322. The number of quaternary nitrogens is 1. The Morgan fingerprint density at radius 2 is 1.90 bits per heavy atom. The van der Waals surface area contributed by atoms with E-state index in [-0.39, 0.29) is 5.82 Å². The van der Waals surface area contributed by atoms with Crippen molar-refractivity contribution in [1.82, 2.24) is 4.98 Å². The van der Waals surface area contributed by atoms with Gasteiger partial charge in [0.2, 0.25) is 0 Å². The first-order chi connectivity index (χ1) is 10.1. The first-order valence-electron chi connectivity index (χ1n) is 8.38. The lowest BCUT2D eigenvalue weighted by Crippen LogP contribution is -2.57. The summed E-state index contributed by atoms with van der Waals surface area (Å²) in [6.07, 6.45) is 5.24. The molecule has 3 nitrogen and oxygen atoms in total. The van der Waals surface area contributed by atoms with Crippen LogP contribution in [-0.2, 0) is 12.8 Å².